The van der Waals surface area contributed by atoms with Crippen molar-refractivity contribution >= 4 is 27.5 Å². The van der Waals surface area contributed by atoms with Crippen LogP contribution in [0.5, 0.6) is 0 Å². The second kappa shape index (κ2) is 9.06. The molecule has 0 unspecified atom stereocenters. The van der Waals surface area contributed by atoms with Crippen molar-refractivity contribution in [3.05, 3.63) is 46.7 Å². The van der Waals surface area contributed by atoms with E-state index in [4.69, 9.17) is 4.74 Å². The zero-order valence-corrected chi connectivity index (χ0v) is 18.7. The van der Waals surface area contributed by atoms with Gasteiger partial charge in [-0.1, -0.05) is 25.3 Å². The van der Waals surface area contributed by atoms with Crippen molar-refractivity contribution in [3.8, 4) is 0 Å². The summed E-state index contributed by atoms with van der Waals surface area (Å²) in [4.78, 5) is 21.0. The quantitative estimate of drug-likeness (QED) is 0.652. The zero-order chi connectivity index (χ0) is 21.2. The summed E-state index contributed by atoms with van der Waals surface area (Å²) < 4.78 is 8.35. The zero-order valence-electron chi connectivity index (χ0n) is 17.9. The van der Waals surface area contributed by atoms with Crippen LogP contribution in [0.2, 0.25) is 0 Å². The number of thiophene rings is 1. The molecule has 2 fully saturated rings. The molecule has 0 aromatic carbocycles. The first kappa shape index (κ1) is 20.6. The van der Waals surface area contributed by atoms with Gasteiger partial charge in [0.2, 0.25) is 0 Å². The highest BCUT2D eigenvalue weighted by Crippen LogP contribution is 2.37. The summed E-state index contributed by atoms with van der Waals surface area (Å²) in [5.41, 5.74) is 2.21. The lowest BCUT2D eigenvalue weighted by molar-refractivity contribution is -0.0323. The third-order valence-corrected chi connectivity index (χ3v) is 7.55. The fourth-order valence-corrected chi connectivity index (χ4v) is 5.98. The predicted molar refractivity (Wildman–Crippen MR) is 121 cm³/mol. The summed E-state index contributed by atoms with van der Waals surface area (Å²) in [5, 5.41) is 8.45. The minimum Gasteiger partial charge on any atom is -0.371 e. The number of carbonyl (C=O) groups is 1. The first-order valence-corrected chi connectivity index (χ1v) is 12.0. The summed E-state index contributed by atoms with van der Waals surface area (Å²) in [6, 6.07) is 4.52. The standard InChI is InChI=1S/C23H29N5O2S/c1-24-22(29)21-20(18-8-5-9-25-23(18)31-21)19-15-27(10-11-30-19)13-16-12-26-28(14-16)17-6-3-2-4-7-17/h5,8-9,12,14,17,19H,2-4,6-7,10-11,13,15H2,1H3,(H,24,29)/t19-/m0/s1. The van der Waals surface area contributed by atoms with Crippen molar-refractivity contribution in [3.63, 3.8) is 0 Å². The molecule has 1 atom stereocenters. The molecule has 0 bridgehead atoms. The summed E-state index contributed by atoms with van der Waals surface area (Å²) in [5.74, 6) is -0.0764. The van der Waals surface area contributed by atoms with Gasteiger partial charge < -0.3 is 10.1 Å². The van der Waals surface area contributed by atoms with E-state index in [1.54, 1.807) is 13.2 Å². The molecule has 0 spiro atoms. The third-order valence-electron chi connectivity index (χ3n) is 6.42. The van der Waals surface area contributed by atoms with Crippen LogP contribution in [0.3, 0.4) is 0 Å². The second-order valence-corrected chi connectivity index (χ2v) is 9.49. The maximum atomic E-state index is 12.6. The van der Waals surface area contributed by atoms with E-state index in [2.05, 4.69) is 31.2 Å². The summed E-state index contributed by atoms with van der Waals surface area (Å²) in [6.07, 6.45) is 12.3. The molecule has 31 heavy (non-hydrogen) atoms. The Morgan fingerprint density at radius 1 is 1.32 bits per heavy atom. The molecule has 1 saturated carbocycles. The Kier molecular flexibility index (Phi) is 6.02. The largest absolute Gasteiger partial charge is 0.371 e. The van der Waals surface area contributed by atoms with Gasteiger partial charge in [0.1, 0.15) is 9.71 Å². The Labute approximate surface area is 186 Å². The van der Waals surface area contributed by atoms with Crippen LogP contribution < -0.4 is 5.32 Å². The Balaban J connectivity index is 1.34. The van der Waals surface area contributed by atoms with Crippen molar-refractivity contribution in [1.29, 1.82) is 0 Å². The van der Waals surface area contributed by atoms with Gasteiger partial charge in [0.05, 0.1) is 24.9 Å². The van der Waals surface area contributed by atoms with E-state index in [9.17, 15) is 4.79 Å². The molecule has 1 saturated heterocycles. The molecule has 0 radical (unpaired) electrons. The first-order valence-electron chi connectivity index (χ1n) is 11.2. The van der Waals surface area contributed by atoms with Crippen LogP contribution in [0.1, 0.15) is 65.0 Å². The SMILES string of the molecule is CNC(=O)c1sc2ncccc2c1[C@@H]1CN(Cc2cnn(C3CCCCC3)c2)CCO1. The van der Waals surface area contributed by atoms with Gasteiger partial charge in [-0.25, -0.2) is 4.98 Å². The van der Waals surface area contributed by atoms with Crippen LogP contribution in [0.4, 0.5) is 0 Å². The lowest BCUT2D eigenvalue weighted by Crippen LogP contribution is -2.38. The predicted octanol–water partition coefficient (Wildman–Crippen LogP) is 3.93. The topological polar surface area (TPSA) is 72.3 Å². The van der Waals surface area contributed by atoms with Crippen LogP contribution in [-0.2, 0) is 11.3 Å². The molecule has 1 amide bonds. The number of morpholine rings is 1. The Hall–Kier alpha value is -2.29. The molecule has 1 N–H and O–H groups in total. The second-order valence-electron chi connectivity index (χ2n) is 8.50. The van der Waals surface area contributed by atoms with Crippen molar-refractivity contribution in [2.75, 3.05) is 26.7 Å². The maximum absolute atomic E-state index is 12.6. The summed E-state index contributed by atoms with van der Waals surface area (Å²) >= 11 is 1.44. The number of aromatic nitrogens is 3. The van der Waals surface area contributed by atoms with Crippen LogP contribution in [0, 0.1) is 0 Å². The Morgan fingerprint density at radius 3 is 3.03 bits per heavy atom. The number of nitrogens with one attached hydrogen (secondary N) is 1. The van der Waals surface area contributed by atoms with Crippen LogP contribution in [-0.4, -0.2) is 52.3 Å². The summed E-state index contributed by atoms with van der Waals surface area (Å²) in [7, 11) is 1.67. The van der Waals surface area contributed by atoms with E-state index >= 15 is 0 Å². The van der Waals surface area contributed by atoms with E-state index in [0.29, 0.717) is 17.5 Å². The van der Waals surface area contributed by atoms with Gasteiger partial charge in [0, 0.05) is 55.6 Å². The minimum absolute atomic E-state index is 0.0764. The molecule has 2 aliphatic rings. The van der Waals surface area contributed by atoms with Crippen molar-refractivity contribution < 1.29 is 9.53 Å². The van der Waals surface area contributed by atoms with E-state index in [-0.39, 0.29) is 12.0 Å². The van der Waals surface area contributed by atoms with E-state index < -0.39 is 0 Å². The van der Waals surface area contributed by atoms with Gasteiger partial charge >= 0.3 is 0 Å². The first-order chi connectivity index (χ1) is 15.2. The number of carbonyl (C=O) groups excluding carboxylic acids is 1. The van der Waals surface area contributed by atoms with Crippen molar-refractivity contribution in [2.45, 2.75) is 50.8 Å². The van der Waals surface area contributed by atoms with Gasteiger partial charge in [0.15, 0.2) is 0 Å². The Bertz CT molecular complexity index is 1060. The number of ether oxygens (including phenoxy) is 1. The molecule has 3 aromatic rings. The highest BCUT2D eigenvalue weighted by atomic mass is 32.1. The minimum atomic E-state index is -0.146. The molecule has 1 aliphatic carbocycles. The van der Waals surface area contributed by atoms with Crippen LogP contribution in [0.15, 0.2) is 30.7 Å². The lowest BCUT2D eigenvalue weighted by Gasteiger charge is -2.33. The maximum Gasteiger partial charge on any atom is 0.261 e. The number of hydrogen-bond acceptors (Lipinski definition) is 6. The Morgan fingerprint density at radius 2 is 2.19 bits per heavy atom. The smallest absolute Gasteiger partial charge is 0.261 e. The van der Waals surface area contributed by atoms with Crippen LogP contribution in [0.25, 0.3) is 10.2 Å². The van der Waals surface area contributed by atoms with E-state index in [0.717, 1.165) is 35.4 Å². The molecule has 7 nitrogen and oxygen atoms in total. The number of hydrogen-bond donors (Lipinski definition) is 1. The fraction of sp³-hybridized carbons (Fsp3) is 0.522. The number of amides is 1. The van der Waals surface area contributed by atoms with Gasteiger partial charge in [-0.15, -0.1) is 11.3 Å². The number of fused-ring (bicyclic) bond motifs is 1. The molecular formula is C23H29N5O2S. The summed E-state index contributed by atoms with van der Waals surface area (Å²) in [6.45, 7) is 3.12. The third kappa shape index (κ3) is 4.24. The highest BCUT2D eigenvalue weighted by Gasteiger charge is 2.30. The monoisotopic (exact) mass is 439 g/mol. The average Bonchev–Trinajstić information content (AvgIpc) is 3.44. The molecule has 4 heterocycles. The molecule has 8 heteroatoms. The molecule has 1 aliphatic heterocycles. The molecule has 5 rings (SSSR count). The van der Waals surface area contributed by atoms with Crippen LogP contribution >= 0.6 is 11.3 Å². The number of pyridine rings is 1. The van der Waals surface area contributed by atoms with Crippen molar-refractivity contribution in [1.82, 2.24) is 25.0 Å². The molecule has 164 valence electrons. The van der Waals surface area contributed by atoms with Gasteiger partial charge in [0.25, 0.3) is 5.91 Å². The lowest BCUT2D eigenvalue weighted by atomic mass is 9.96. The normalized spacial score (nSPS) is 20.9. The van der Waals surface area contributed by atoms with Gasteiger partial charge in [-0.2, -0.15) is 5.10 Å². The van der Waals surface area contributed by atoms with E-state index in [1.807, 2.05) is 18.3 Å². The van der Waals surface area contributed by atoms with E-state index in [1.165, 1.54) is 49.0 Å². The molecule has 3 aromatic heterocycles. The number of nitrogens with zero attached hydrogens (tertiary/aromatic N) is 4. The highest BCUT2D eigenvalue weighted by molar-refractivity contribution is 7.20. The van der Waals surface area contributed by atoms with Gasteiger partial charge in [-0.3, -0.25) is 14.4 Å². The fourth-order valence-electron chi connectivity index (χ4n) is 4.84. The van der Waals surface area contributed by atoms with Gasteiger partial charge in [-0.05, 0) is 18.9 Å². The number of rotatable bonds is 5. The molecular weight excluding hydrogens is 410 g/mol. The average molecular weight is 440 g/mol. The van der Waals surface area contributed by atoms with Crippen molar-refractivity contribution in [2.24, 2.45) is 0 Å².